The number of aliphatic carboxylic acids is 1. The lowest BCUT2D eigenvalue weighted by Gasteiger charge is -2.44. The van der Waals surface area contributed by atoms with Crippen LogP contribution in [0.4, 0.5) is 0 Å². The molecule has 2 aliphatic heterocycles. The van der Waals surface area contributed by atoms with Crippen molar-refractivity contribution in [3.05, 3.63) is 0 Å². The van der Waals surface area contributed by atoms with Crippen LogP contribution in [0.25, 0.3) is 0 Å². The lowest BCUT2D eigenvalue weighted by Crippen LogP contribution is -2.64. The number of rotatable bonds is 4. The molecule has 0 aromatic rings. The molecule has 2 rings (SSSR count). The molecule has 2 fully saturated rings. The smallest absolute Gasteiger partial charge is 0.335 e. The second-order valence-electron chi connectivity index (χ2n) is 5.56. The average Bonchev–Trinajstić information content (AvgIpc) is 2.54. The van der Waals surface area contributed by atoms with Gasteiger partial charge in [-0.05, 0) is 0 Å². The van der Waals surface area contributed by atoms with Gasteiger partial charge in [0.25, 0.3) is 0 Å². The van der Waals surface area contributed by atoms with E-state index in [0.717, 1.165) is 0 Å². The molecule has 0 radical (unpaired) electrons. The van der Waals surface area contributed by atoms with Gasteiger partial charge in [0.1, 0.15) is 42.7 Å². The summed E-state index contributed by atoms with van der Waals surface area (Å²) in [6.07, 6.45) is -17.7. The number of carbonyl (C=O) groups is 1. The van der Waals surface area contributed by atoms with Crippen LogP contribution in [0.5, 0.6) is 0 Å². The maximum atomic E-state index is 11.0. The summed E-state index contributed by atoms with van der Waals surface area (Å²) >= 11 is 0. The molecule has 2 heterocycles. The van der Waals surface area contributed by atoms with Crippen LogP contribution in [-0.2, 0) is 19.0 Å². The third kappa shape index (κ3) is 3.52. The predicted molar refractivity (Wildman–Crippen MR) is 69.2 cm³/mol. The summed E-state index contributed by atoms with van der Waals surface area (Å²) in [6, 6.07) is 0. The Morgan fingerprint density at radius 2 is 1.50 bits per heavy atom. The highest BCUT2D eigenvalue weighted by molar-refractivity contribution is 5.73. The quantitative estimate of drug-likeness (QED) is 0.238. The first-order chi connectivity index (χ1) is 11.2. The fourth-order valence-corrected chi connectivity index (χ4v) is 2.55. The zero-order chi connectivity index (χ0) is 18.2. The molecule has 2 saturated heterocycles. The van der Waals surface area contributed by atoms with E-state index < -0.39 is 74.0 Å². The molecule has 0 amide bonds. The van der Waals surface area contributed by atoms with Crippen LogP contribution in [0.15, 0.2) is 0 Å². The van der Waals surface area contributed by atoms with Crippen molar-refractivity contribution < 1.29 is 59.9 Å². The number of ether oxygens (including phenoxy) is 3. The van der Waals surface area contributed by atoms with Crippen LogP contribution in [-0.4, -0.2) is 115 Å². The Labute approximate surface area is 135 Å². The highest BCUT2D eigenvalue weighted by atomic mass is 16.7. The first-order valence-electron chi connectivity index (χ1n) is 7.07. The van der Waals surface area contributed by atoms with Gasteiger partial charge in [0.05, 0.1) is 6.61 Å². The molecule has 10 atom stereocenters. The van der Waals surface area contributed by atoms with Crippen LogP contribution < -0.4 is 0 Å². The number of carboxylic acids is 1. The minimum Gasteiger partial charge on any atom is -0.479 e. The van der Waals surface area contributed by atoms with Crippen LogP contribution in [0, 0.1) is 0 Å². The molecule has 0 saturated carbocycles. The van der Waals surface area contributed by atoms with Gasteiger partial charge in [-0.2, -0.15) is 0 Å². The van der Waals surface area contributed by atoms with Gasteiger partial charge < -0.3 is 55.1 Å². The second kappa shape index (κ2) is 7.53. The first-order valence-corrected chi connectivity index (χ1v) is 7.07. The maximum Gasteiger partial charge on any atom is 0.335 e. The minimum atomic E-state index is -1.93. The molecule has 0 spiro atoms. The van der Waals surface area contributed by atoms with Crippen molar-refractivity contribution >= 4 is 5.97 Å². The highest BCUT2D eigenvalue weighted by Crippen LogP contribution is 2.28. The molecule has 12 nitrogen and oxygen atoms in total. The third-order valence-electron chi connectivity index (χ3n) is 3.94. The fraction of sp³-hybridized carbons (Fsp3) is 0.917. The molecule has 140 valence electrons. The molecule has 2 aliphatic rings. The molecule has 24 heavy (non-hydrogen) atoms. The summed E-state index contributed by atoms with van der Waals surface area (Å²) in [5.74, 6) is -1.63. The van der Waals surface area contributed by atoms with Gasteiger partial charge in [-0.1, -0.05) is 0 Å². The molecular weight excluding hydrogens is 336 g/mol. The number of aliphatic hydroxyl groups excluding tert-OH is 7. The van der Waals surface area contributed by atoms with E-state index in [2.05, 4.69) is 0 Å². The average molecular weight is 356 g/mol. The molecular formula is C12H20O12. The van der Waals surface area contributed by atoms with Crippen LogP contribution in [0.3, 0.4) is 0 Å². The van der Waals surface area contributed by atoms with E-state index in [1.165, 1.54) is 0 Å². The summed E-state index contributed by atoms with van der Waals surface area (Å²) in [5, 5.41) is 76.2. The van der Waals surface area contributed by atoms with E-state index in [1.54, 1.807) is 0 Å². The van der Waals surface area contributed by atoms with E-state index in [1.807, 2.05) is 0 Å². The molecule has 0 aromatic carbocycles. The Morgan fingerprint density at radius 3 is 2.04 bits per heavy atom. The Hall–Kier alpha value is -0.930. The number of carboxylic acid groups (broad SMARTS) is 1. The Morgan fingerprint density at radius 1 is 0.875 bits per heavy atom. The van der Waals surface area contributed by atoms with Crippen molar-refractivity contribution in [2.75, 3.05) is 6.61 Å². The van der Waals surface area contributed by atoms with Crippen molar-refractivity contribution in [3.8, 4) is 0 Å². The monoisotopic (exact) mass is 356 g/mol. The SMILES string of the molecule is O=C(O)[C@@H]1O[C@H](O[C@@H]2[C@H](O)[C@H](O)[C@@H](O)O[C@H]2CO)[C@@H](O)[C@@H](O)[C@H]1O. The Bertz CT molecular complexity index is 444. The van der Waals surface area contributed by atoms with E-state index in [-0.39, 0.29) is 0 Å². The van der Waals surface area contributed by atoms with Crippen molar-refractivity contribution in [3.63, 3.8) is 0 Å². The fourth-order valence-electron chi connectivity index (χ4n) is 2.55. The van der Waals surface area contributed by atoms with Gasteiger partial charge >= 0.3 is 5.97 Å². The van der Waals surface area contributed by atoms with E-state index in [9.17, 15) is 40.5 Å². The highest BCUT2D eigenvalue weighted by Gasteiger charge is 2.51. The standard InChI is InChI=1S/C12H20O12/c13-1-2-8(5(16)6(17)11(21)22-2)23-12-7(18)3(14)4(15)9(24-12)10(19)20/h2-9,11-18,21H,1H2,(H,19,20)/t2-,3-,4+,5+,6-,7-,8-,9+,11-,12-/m0/s1. The normalized spacial score (nSPS) is 49.8. The Kier molecular flexibility index (Phi) is 6.09. The van der Waals surface area contributed by atoms with Gasteiger partial charge in [0, 0.05) is 0 Å². The second-order valence-corrected chi connectivity index (χ2v) is 5.56. The van der Waals surface area contributed by atoms with Crippen LogP contribution >= 0.6 is 0 Å². The van der Waals surface area contributed by atoms with Crippen LogP contribution in [0.2, 0.25) is 0 Å². The minimum absolute atomic E-state index is 0.748. The summed E-state index contributed by atoms with van der Waals surface area (Å²) in [6.45, 7) is -0.748. The van der Waals surface area contributed by atoms with Crippen molar-refractivity contribution in [1.82, 2.24) is 0 Å². The maximum absolute atomic E-state index is 11.0. The number of aliphatic hydroxyl groups is 7. The van der Waals surface area contributed by atoms with Gasteiger partial charge in [-0.25, -0.2) is 4.79 Å². The van der Waals surface area contributed by atoms with Gasteiger partial charge in [-0.15, -0.1) is 0 Å². The van der Waals surface area contributed by atoms with E-state index >= 15 is 0 Å². The first kappa shape index (κ1) is 19.4. The number of hydrogen-bond acceptors (Lipinski definition) is 11. The molecule has 0 unspecified atom stereocenters. The Balaban J connectivity index is 2.16. The van der Waals surface area contributed by atoms with E-state index in [4.69, 9.17) is 19.3 Å². The zero-order valence-corrected chi connectivity index (χ0v) is 12.2. The molecule has 0 aromatic heterocycles. The summed E-state index contributed by atoms with van der Waals surface area (Å²) in [7, 11) is 0. The predicted octanol–water partition coefficient (Wildman–Crippen LogP) is -5.30. The summed E-state index contributed by atoms with van der Waals surface area (Å²) < 4.78 is 14.9. The molecule has 8 N–H and O–H groups in total. The summed E-state index contributed by atoms with van der Waals surface area (Å²) in [5.41, 5.74) is 0. The van der Waals surface area contributed by atoms with Crippen molar-refractivity contribution in [2.45, 2.75) is 61.4 Å². The van der Waals surface area contributed by atoms with Crippen molar-refractivity contribution in [1.29, 1.82) is 0 Å². The van der Waals surface area contributed by atoms with Crippen LogP contribution in [0.1, 0.15) is 0 Å². The topological polar surface area (TPSA) is 207 Å². The molecule has 12 heteroatoms. The van der Waals surface area contributed by atoms with Gasteiger partial charge in [-0.3, -0.25) is 0 Å². The largest absolute Gasteiger partial charge is 0.479 e. The van der Waals surface area contributed by atoms with Gasteiger partial charge in [0.2, 0.25) is 0 Å². The molecule has 0 bridgehead atoms. The van der Waals surface area contributed by atoms with Gasteiger partial charge in [0.15, 0.2) is 18.7 Å². The third-order valence-corrected chi connectivity index (χ3v) is 3.94. The van der Waals surface area contributed by atoms with E-state index in [0.29, 0.717) is 0 Å². The summed E-state index contributed by atoms with van der Waals surface area (Å²) in [4.78, 5) is 11.0. The number of hydrogen-bond donors (Lipinski definition) is 8. The lowest BCUT2D eigenvalue weighted by molar-refractivity contribution is -0.351. The van der Waals surface area contributed by atoms with Crippen molar-refractivity contribution in [2.24, 2.45) is 0 Å². The lowest BCUT2D eigenvalue weighted by atomic mass is 9.97. The molecule has 0 aliphatic carbocycles. The zero-order valence-electron chi connectivity index (χ0n) is 12.2.